The van der Waals surface area contributed by atoms with Crippen LogP contribution in [0, 0.1) is 17.3 Å². The maximum Gasteiger partial charge on any atom is 0.00772 e. The van der Waals surface area contributed by atoms with Crippen LogP contribution in [0.2, 0.25) is 0 Å². The van der Waals surface area contributed by atoms with Crippen molar-refractivity contribution in [2.75, 3.05) is 0 Å². The van der Waals surface area contributed by atoms with Crippen molar-refractivity contribution in [1.82, 2.24) is 5.32 Å². The maximum atomic E-state index is 4.00. The van der Waals surface area contributed by atoms with Gasteiger partial charge in [0.15, 0.2) is 0 Å². The van der Waals surface area contributed by atoms with Gasteiger partial charge in [0.1, 0.15) is 0 Å². The Kier molecular flexibility index (Phi) is 5.34. The minimum atomic E-state index is 0.540. The Hall–Kier alpha value is -0.0400. The number of hydrogen-bond acceptors (Lipinski definition) is 1. The summed E-state index contributed by atoms with van der Waals surface area (Å²) < 4.78 is 0. The summed E-state index contributed by atoms with van der Waals surface area (Å²) in [6, 6.07) is 1.49. The molecular formula is C18H35N. The highest BCUT2D eigenvalue weighted by atomic mass is 15.0. The highest BCUT2D eigenvalue weighted by molar-refractivity contribution is 4.89. The zero-order chi connectivity index (χ0) is 13.9. The van der Waals surface area contributed by atoms with Crippen LogP contribution < -0.4 is 5.32 Å². The molecule has 0 aromatic rings. The van der Waals surface area contributed by atoms with Crippen LogP contribution in [0.1, 0.15) is 85.5 Å². The predicted octanol–water partition coefficient (Wildman–Crippen LogP) is 5.15. The third-order valence-corrected chi connectivity index (χ3v) is 5.49. The number of hydrogen-bond donors (Lipinski definition) is 1. The normalized spacial score (nSPS) is 34.7. The minimum Gasteiger partial charge on any atom is -0.311 e. The van der Waals surface area contributed by atoms with E-state index in [0.29, 0.717) is 5.41 Å². The van der Waals surface area contributed by atoms with Crippen molar-refractivity contribution in [2.24, 2.45) is 17.3 Å². The Bertz CT molecular complexity index is 263. The van der Waals surface area contributed by atoms with Gasteiger partial charge in [0.25, 0.3) is 0 Å². The highest BCUT2D eigenvalue weighted by Gasteiger charge is 2.33. The van der Waals surface area contributed by atoms with Crippen LogP contribution in [0.25, 0.3) is 0 Å². The first-order valence-electron chi connectivity index (χ1n) is 8.72. The number of nitrogens with one attached hydrogen (secondary N) is 1. The quantitative estimate of drug-likeness (QED) is 0.696. The summed E-state index contributed by atoms with van der Waals surface area (Å²) in [7, 11) is 0. The molecule has 1 nitrogen and oxygen atoms in total. The predicted molar refractivity (Wildman–Crippen MR) is 84.4 cm³/mol. The van der Waals surface area contributed by atoms with E-state index in [-0.39, 0.29) is 0 Å². The lowest BCUT2D eigenvalue weighted by molar-refractivity contribution is 0.137. The van der Waals surface area contributed by atoms with Crippen LogP contribution >= 0.6 is 0 Å². The average Bonchev–Trinajstić information content (AvgIpc) is 2.54. The SMILES string of the molecule is CC1CC(N[C@H](C)C2CCCCCC2)CC(C)(C)C1. The van der Waals surface area contributed by atoms with E-state index in [2.05, 4.69) is 33.0 Å². The molecule has 2 fully saturated rings. The first kappa shape index (κ1) is 15.4. The summed E-state index contributed by atoms with van der Waals surface area (Å²) >= 11 is 0. The molecule has 19 heavy (non-hydrogen) atoms. The van der Waals surface area contributed by atoms with E-state index < -0.39 is 0 Å². The van der Waals surface area contributed by atoms with Crippen molar-refractivity contribution in [1.29, 1.82) is 0 Å². The van der Waals surface area contributed by atoms with Gasteiger partial charge in [0.2, 0.25) is 0 Å². The second kappa shape index (κ2) is 6.61. The molecular weight excluding hydrogens is 230 g/mol. The molecule has 0 radical (unpaired) electrons. The molecule has 0 saturated heterocycles. The summed E-state index contributed by atoms with van der Waals surface area (Å²) in [5.41, 5.74) is 0.540. The van der Waals surface area contributed by atoms with Crippen LogP contribution in [0.3, 0.4) is 0 Å². The minimum absolute atomic E-state index is 0.540. The standard InChI is InChI=1S/C18H35N/c1-14-11-17(13-18(3,4)12-14)19-15(2)16-9-7-5-6-8-10-16/h14-17,19H,5-13H2,1-4H3/t14?,15-,17?/m1/s1. The van der Waals surface area contributed by atoms with Gasteiger partial charge in [-0.15, -0.1) is 0 Å². The molecule has 0 aliphatic heterocycles. The van der Waals surface area contributed by atoms with Crippen LogP contribution in [0.5, 0.6) is 0 Å². The van der Waals surface area contributed by atoms with Crippen molar-refractivity contribution in [3.05, 3.63) is 0 Å². The summed E-state index contributed by atoms with van der Waals surface area (Å²) in [6.45, 7) is 9.79. The number of rotatable bonds is 3. The summed E-state index contributed by atoms with van der Waals surface area (Å²) in [5, 5.41) is 4.00. The molecule has 1 heteroatoms. The van der Waals surface area contributed by atoms with Crippen molar-refractivity contribution in [2.45, 2.75) is 97.6 Å². The summed E-state index contributed by atoms with van der Waals surface area (Å²) in [4.78, 5) is 0. The van der Waals surface area contributed by atoms with Gasteiger partial charge in [0, 0.05) is 12.1 Å². The zero-order valence-electron chi connectivity index (χ0n) is 13.7. The molecule has 2 unspecified atom stereocenters. The maximum absolute atomic E-state index is 4.00. The van der Waals surface area contributed by atoms with E-state index in [1.807, 2.05) is 0 Å². The molecule has 3 atom stereocenters. The molecule has 112 valence electrons. The lowest BCUT2D eigenvalue weighted by atomic mass is 9.70. The second-order valence-electron chi connectivity index (χ2n) is 8.32. The van der Waals surface area contributed by atoms with Crippen molar-refractivity contribution >= 4 is 0 Å². The van der Waals surface area contributed by atoms with Gasteiger partial charge >= 0.3 is 0 Å². The molecule has 2 aliphatic carbocycles. The molecule has 2 rings (SSSR count). The van der Waals surface area contributed by atoms with Crippen LogP contribution in [-0.2, 0) is 0 Å². The van der Waals surface area contributed by atoms with Gasteiger partial charge in [-0.25, -0.2) is 0 Å². The average molecular weight is 265 g/mol. The van der Waals surface area contributed by atoms with Gasteiger partial charge in [-0.3, -0.25) is 0 Å². The smallest absolute Gasteiger partial charge is 0.00772 e. The zero-order valence-corrected chi connectivity index (χ0v) is 13.7. The molecule has 0 aromatic heterocycles. The monoisotopic (exact) mass is 265 g/mol. The highest BCUT2D eigenvalue weighted by Crippen LogP contribution is 2.39. The van der Waals surface area contributed by atoms with Crippen LogP contribution in [0.15, 0.2) is 0 Å². The largest absolute Gasteiger partial charge is 0.311 e. The molecule has 1 N–H and O–H groups in total. The first-order chi connectivity index (χ1) is 8.96. The van der Waals surface area contributed by atoms with Gasteiger partial charge in [0.05, 0.1) is 0 Å². The van der Waals surface area contributed by atoms with E-state index >= 15 is 0 Å². The van der Waals surface area contributed by atoms with Crippen molar-refractivity contribution < 1.29 is 0 Å². The van der Waals surface area contributed by atoms with Crippen LogP contribution in [0.4, 0.5) is 0 Å². The lowest BCUT2D eigenvalue weighted by Gasteiger charge is -2.41. The molecule has 2 aliphatic rings. The molecule has 0 bridgehead atoms. The van der Waals surface area contributed by atoms with Gasteiger partial charge < -0.3 is 5.32 Å². The Morgan fingerprint density at radius 2 is 1.63 bits per heavy atom. The Morgan fingerprint density at radius 3 is 2.21 bits per heavy atom. The Labute approximate surface area is 120 Å². The fraction of sp³-hybridized carbons (Fsp3) is 1.00. The van der Waals surface area contributed by atoms with Crippen LogP contribution in [-0.4, -0.2) is 12.1 Å². The van der Waals surface area contributed by atoms with E-state index in [0.717, 1.165) is 23.9 Å². The molecule has 0 spiro atoms. The van der Waals surface area contributed by atoms with Crippen molar-refractivity contribution in [3.8, 4) is 0 Å². The molecule has 0 aromatic carbocycles. The molecule has 0 amide bonds. The van der Waals surface area contributed by atoms with E-state index in [1.54, 1.807) is 0 Å². The van der Waals surface area contributed by atoms with E-state index in [1.165, 1.54) is 57.8 Å². The fourth-order valence-electron chi connectivity index (χ4n) is 4.79. The van der Waals surface area contributed by atoms with Gasteiger partial charge in [-0.05, 0) is 56.3 Å². The van der Waals surface area contributed by atoms with Crippen molar-refractivity contribution in [3.63, 3.8) is 0 Å². The summed E-state index contributed by atoms with van der Waals surface area (Å²) in [5.74, 6) is 1.82. The first-order valence-corrected chi connectivity index (χ1v) is 8.72. The van der Waals surface area contributed by atoms with E-state index in [4.69, 9.17) is 0 Å². The lowest BCUT2D eigenvalue weighted by Crippen LogP contribution is -2.46. The second-order valence-corrected chi connectivity index (χ2v) is 8.32. The Morgan fingerprint density at radius 1 is 1.00 bits per heavy atom. The molecule has 2 saturated carbocycles. The topological polar surface area (TPSA) is 12.0 Å². The third kappa shape index (κ3) is 4.77. The third-order valence-electron chi connectivity index (χ3n) is 5.49. The van der Waals surface area contributed by atoms with Gasteiger partial charge in [-0.2, -0.15) is 0 Å². The van der Waals surface area contributed by atoms with E-state index in [9.17, 15) is 0 Å². The van der Waals surface area contributed by atoms with Gasteiger partial charge in [-0.1, -0.05) is 46.5 Å². The molecule has 0 heterocycles. The fourth-order valence-corrected chi connectivity index (χ4v) is 4.79. The summed E-state index contributed by atoms with van der Waals surface area (Å²) in [6.07, 6.45) is 12.9. The Balaban J connectivity index is 1.85.